The van der Waals surface area contributed by atoms with E-state index in [2.05, 4.69) is 0 Å². The van der Waals surface area contributed by atoms with Crippen molar-refractivity contribution in [3.63, 3.8) is 0 Å². The second-order valence-electron chi connectivity index (χ2n) is 7.17. The van der Waals surface area contributed by atoms with Crippen LogP contribution in [0.3, 0.4) is 0 Å². The second-order valence-corrected chi connectivity index (χ2v) is 7.17. The summed E-state index contributed by atoms with van der Waals surface area (Å²) in [5.41, 5.74) is 0. The van der Waals surface area contributed by atoms with Crippen LogP contribution in [-0.4, -0.2) is 76.9 Å². The minimum atomic E-state index is -1.45. The van der Waals surface area contributed by atoms with Crippen molar-refractivity contribution >= 4 is 5.97 Å². The molecule has 2 aliphatic heterocycles. The normalized spacial score (nSPS) is 48.9. The van der Waals surface area contributed by atoms with E-state index in [1.807, 2.05) is 6.92 Å². The smallest absolute Gasteiger partial charge is 0.309 e. The van der Waals surface area contributed by atoms with Gasteiger partial charge in [-0.05, 0) is 24.7 Å². The molecule has 4 unspecified atom stereocenters. The molecule has 8 heteroatoms. The standard InChI is InChI=1S/C16H26O8/c1-7-2-3-9-8(5-22-15(21)11(7)9)6-23-16-14(20)13(19)12(18)10(4-17)24-16/h7-14,16-20H,2-6H2,1H3/t7?,8?,9?,10-,11?,12-,13+,14-,16+/m1/s1. The van der Waals surface area contributed by atoms with Crippen LogP contribution in [-0.2, 0) is 19.0 Å². The Balaban J connectivity index is 1.60. The summed E-state index contributed by atoms with van der Waals surface area (Å²) >= 11 is 0. The van der Waals surface area contributed by atoms with Crippen LogP contribution in [0.5, 0.6) is 0 Å². The van der Waals surface area contributed by atoms with E-state index in [9.17, 15) is 25.2 Å². The lowest BCUT2D eigenvalue weighted by atomic mass is 9.80. The molecular weight excluding hydrogens is 320 g/mol. The van der Waals surface area contributed by atoms with Crippen LogP contribution >= 0.6 is 0 Å². The third-order valence-electron chi connectivity index (χ3n) is 5.67. The predicted molar refractivity (Wildman–Crippen MR) is 79.5 cm³/mol. The van der Waals surface area contributed by atoms with Crippen molar-refractivity contribution < 1.29 is 39.4 Å². The summed E-state index contributed by atoms with van der Waals surface area (Å²) in [7, 11) is 0. The molecule has 3 aliphatic rings. The molecule has 4 N–H and O–H groups in total. The van der Waals surface area contributed by atoms with Gasteiger partial charge in [0.25, 0.3) is 0 Å². The van der Waals surface area contributed by atoms with Gasteiger partial charge in [-0.25, -0.2) is 0 Å². The first-order chi connectivity index (χ1) is 11.4. The highest BCUT2D eigenvalue weighted by atomic mass is 16.7. The molecular formula is C16H26O8. The lowest BCUT2D eigenvalue weighted by molar-refractivity contribution is -0.305. The fourth-order valence-corrected chi connectivity index (χ4v) is 4.18. The molecule has 0 aromatic heterocycles. The molecule has 8 nitrogen and oxygen atoms in total. The number of esters is 1. The molecule has 2 saturated heterocycles. The number of carbonyl (C=O) groups is 1. The molecule has 1 saturated carbocycles. The molecule has 1 aliphatic carbocycles. The van der Waals surface area contributed by atoms with Crippen molar-refractivity contribution in [2.75, 3.05) is 19.8 Å². The topological polar surface area (TPSA) is 126 Å². The van der Waals surface area contributed by atoms with Gasteiger partial charge in [0.1, 0.15) is 24.4 Å². The van der Waals surface area contributed by atoms with Gasteiger partial charge >= 0.3 is 5.97 Å². The average Bonchev–Trinajstić information content (AvgIpc) is 2.97. The van der Waals surface area contributed by atoms with Crippen molar-refractivity contribution in [2.24, 2.45) is 23.7 Å². The zero-order valence-electron chi connectivity index (χ0n) is 13.7. The Kier molecular flexibility index (Phi) is 5.43. The number of rotatable bonds is 4. The first-order valence-electron chi connectivity index (χ1n) is 8.52. The molecule has 0 aromatic rings. The summed E-state index contributed by atoms with van der Waals surface area (Å²) in [6.07, 6.45) is -4.49. The van der Waals surface area contributed by atoms with E-state index in [-0.39, 0.29) is 42.9 Å². The van der Waals surface area contributed by atoms with Crippen LogP contribution in [0.1, 0.15) is 19.8 Å². The number of aliphatic hydroxyl groups excluding tert-OH is 4. The van der Waals surface area contributed by atoms with E-state index in [1.54, 1.807) is 0 Å². The Hall–Kier alpha value is -0.770. The van der Waals surface area contributed by atoms with Crippen molar-refractivity contribution in [2.45, 2.75) is 50.5 Å². The Labute approximate surface area is 140 Å². The first-order valence-corrected chi connectivity index (χ1v) is 8.52. The van der Waals surface area contributed by atoms with Crippen molar-refractivity contribution in [1.82, 2.24) is 0 Å². The molecule has 3 rings (SSSR count). The fraction of sp³-hybridized carbons (Fsp3) is 0.938. The Bertz CT molecular complexity index is 455. The van der Waals surface area contributed by atoms with Gasteiger partial charge < -0.3 is 34.6 Å². The Morgan fingerprint density at radius 2 is 1.92 bits per heavy atom. The van der Waals surface area contributed by atoms with Gasteiger partial charge in [0.2, 0.25) is 0 Å². The van der Waals surface area contributed by atoms with Gasteiger partial charge in [-0.15, -0.1) is 0 Å². The molecule has 2 heterocycles. The summed E-state index contributed by atoms with van der Waals surface area (Å²) in [6, 6.07) is 0. The van der Waals surface area contributed by atoms with Crippen LogP contribution in [0.25, 0.3) is 0 Å². The summed E-state index contributed by atoms with van der Waals surface area (Å²) in [5, 5.41) is 38.7. The SMILES string of the molecule is CC1CCC2C(CO[C@H]3O[C@H](CO)[C@@H](O)[C@H](O)[C@H]3O)COC(=O)C12. The van der Waals surface area contributed by atoms with Crippen LogP contribution in [0.4, 0.5) is 0 Å². The van der Waals surface area contributed by atoms with E-state index >= 15 is 0 Å². The molecule has 24 heavy (non-hydrogen) atoms. The van der Waals surface area contributed by atoms with Gasteiger partial charge in [-0.1, -0.05) is 6.92 Å². The number of ether oxygens (including phenoxy) is 3. The highest BCUT2D eigenvalue weighted by molar-refractivity contribution is 5.74. The van der Waals surface area contributed by atoms with Gasteiger partial charge in [0.05, 0.1) is 25.7 Å². The minimum Gasteiger partial charge on any atom is -0.465 e. The highest BCUT2D eigenvalue weighted by Gasteiger charge is 2.48. The molecule has 0 radical (unpaired) electrons. The highest BCUT2D eigenvalue weighted by Crippen LogP contribution is 2.44. The van der Waals surface area contributed by atoms with Crippen molar-refractivity contribution in [1.29, 1.82) is 0 Å². The maximum Gasteiger partial charge on any atom is 0.309 e. The maximum absolute atomic E-state index is 11.9. The lowest BCUT2D eigenvalue weighted by Gasteiger charge is -2.41. The number of hydrogen-bond donors (Lipinski definition) is 4. The zero-order chi connectivity index (χ0) is 17.4. The van der Waals surface area contributed by atoms with Gasteiger partial charge in [0, 0.05) is 5.92 Å². The van der Waals surface area contributed by atoms with Gasteiger partial charge in [0.15, 0.2) is 6.29 Å². The molecule has 0 bridgehead atoms. The molecule has 0 spiro atoms. The predicted octanol–water partition coefficient (Wildman–Crippen LogP) is -1.36. The molecule has 0 aromatic carbocycles. The lowest BCUT2D eigenvalue weighted by Crippen LogP contribution is -2.59. The van der Waals surface area contributed by atoms with Crippen LogP contribution in [0, 0.1) is 23.7 Å². The van der Waals surface area contributed by atoms with E-state index in [0.29, 0.717) is 0 Å². The molecule has 138 valence electrons. The average molecular weight is 346 g/mol. The van der Waals surface area contributed by atoms with Crippen molar-refractivity contribution in [3.8, 4) is 0 Å². The Morgan fingerprint density at radius 1 is 1.17 bits per heavy atom. The number of hydrogen-bond acceptors (Lipinski definition) is 8. The first kappa shape index (κ1) is 18.0. The maximum atomic E-state index is 11.9. The molecule has 3 fully saturated rings. The summed E-state index contributed by atoms with van der Waals surface area (Å²) in [4.78, 5) is 11.9. The number of fused-ring (bicyclic) bond motifs is 1. The van der Waals surface area contributed by atoms with E-state index in [0.717, 1.165) is 12.8 Å². The number of aliphatic hydroxyl groups is 4. The van der Waals surface area contributed by atoms with E-state index < -0.39 is 37.3 Å². The molecule has 9 atom stereocenters. The fourth-order valence-electron chi connectivity index (χ4n) is 4.18. The summed E-state index contributed by atoms with van der Waals surface area (Å²) < 4.78 is 16.2. The van der Waals surface area contributed by atoms with E-state index in [4.69, 9.17) is 14.2 Å². The number of carbonyl (C=O) groups excluding carboxylic acids is 1. The second kappa shape index (κ2) is 7.23. The monoisotopic (exact) mass is 346 g/mol. The zero-order valence-corrected chi connectivity index (χ0v) is 13.7. The third kappa shape index (κ3) is 3.18. The number of cyclic esters (lactones) is 1. The van der Waals surface area contributed by atoms with Crippen LogP contribution < -0.4 is 0 Å². The quantitative estimate of drug-likeness (QED) is 0.460. The van der Waals surface area contributed by atoms with Gasteiger partial charge in [-0.2, -0.15) is 0 Å². The van der Waals surface area contributed by atoms with E-state index in [1.165, 1.54) is 0 Å². The minimum absolute atomic E-state index is 0.00465. The molecule has 0 amide bonds. The summed E-state index contributed by atoms with van der Waals surface area (Å²) in [6.45, 7) is 2.04. The largest absolute Gasteiger partial charge is 0.465 e. The summed E-state index contributed by atoms with van der Waals surface area (Å²) in [5.74, 6) is 0.227. The van der Waals surface area contributed by atoms with Crippen LogP contribution in [0.2, 0.25) is 0 Å². The Morgan fingerprint density at radius 3 is 2.62 bits per heavy atom. The third-order valence-corrected chi connectivity index (χ3v) is 5.67. The van der Waals surface area contributed by atoms with Gasteiger partial charge in [-0.3, -0.25) is 4.79 Å². The van der Waals surface area contributed by atoms with Crippen LogP contribution in [0.15, 0.2) is 0 Å². The van der Waals surface area contributed by atoms with Crippen molar-refractivity contribution in [3.05, 3.63) is 0 Å².